The fourth-order valence-corrected chi connectivity index (χ4v) is 4.00. The SMILES string of the molecule is COc1cccc(C2OC(CCC(=O)O)c3nccn3-c3ccc(Cl)cc32)c1OC. The largest absolute Gasteiger partial charge is 0.493 e. The molecule has 8 heteroatoms. The highest BCUT2D eigenvalue weighted by atomic mass is 35.5. The number of aliphatic carboxylic acids is 1. The molecule has 156 valence electrons. The number of methoxy groups -OCH3 is 2. The summed E-state index contributed by atoms with van der Waals surface area (Å²) in [6.07, 6.45) is 2.64. The summed E-state index contributed by atoms with van der Waals surface area (Å²) in [5.41, 5.74) is 2.44. The van der Waals surface area contributed by atoms with Crippen molar-refractivity contribution in [3.8, 4) is 17.2 Å². The van der Waals surface area contributed by atoms with Gasteiger partial charge in [-0.25, -0.2) is 4.98 Å². The minimum atomic E-state index is -0.892. The Morgan fingerprint density at radius 3 is 2.80 bits per heavy atom. The average Bonchev–Trinajstić information content (AvgIpc) is 3.18. The van der Waals surface area contributed by atoms with E-state index in [2.05, 4.69) is 4.98 Å². The van der Waals surface area contributed by atoms with E-state index in [1.165, 1.54) is 0 Å². The third kappa shape index (κ3) is 3.62. The number of fused-ring (bicyclic) bond motifs is 3. The number of carboxylic acid groups (broad SMARTS) is 1. The predicted molar refractivity (Wildman–Crippen MR) is 111 cm³/mol. The molecule has 1 N–H and O–H groups in total. The molecular weight excluding hydrogens is 408 g/mol. The van der Waals surface area contributed by atoms with Gasteiger partial charge in [0.15, 0.2) is 11.5 Å². The van der Waals surface area contributed by atoms with Gasteiger partial charge in [0.25, 0.3) is 0 Å². The van der Waals surface area contributed by atoms with Crippen LogP contribution in [0.4, 0.5) is 0 Å². The van der Waals surface area contributed by atoms with Crippen LogP contribution in [0.2, 0.25) is 5.02 Å². The van der Waals surface area contributed by atoms with Gasteiger partial charge in [-0.05, 0) is 30.7 Å². The molecule has 0 bridgehead atoms. The minimum Gasteiger partial charge on any atom is -0.493 e. The molecule has 7 nitrogen and oxygen atoms in total. The Labute approximate surface area is 178 Å². The lowest BCUT2D eigenvalue weighted by Crippen LogP contribution is -2.14. The first-order chi connectivity index (χ1) is 14.5. The predicted octanol–water partition coefficient (Wildman–Crippen LogP) is 4.57. The molecule has 30 heavy (non-hydrogen) atoms. The highest BCUT2D eigenvalue weighted by Crippen LogP contribution is 2.46. The molecule has 0 spiro atoms. The molecule has 2 aromatic carbocycles. The Morgan fingerprint density at radius 1 is 1.23 bits per heavy atom. The van der Waals surface area contributed by atoms with Gasteiger partial charge < -0.3 is 23.9 Å². The van der Waals surface area contributed by atoms with Gasteiger partial charge in [-0.3, -0.25) is 4.79 Å². The van der Waals surface area contributed by atoms with Crippen molar-refractivity contribution in [2.75, 3.05) is 14.2 Å². The maximum Gasteiger partial charge on any atom is 0.303 e. The van der Waals surface area contributed by atoms with E-state index in [9.17, 15) is 9.90 Å². The quantitative estimate of drug-likeness (QED) is 0.619. The van der Waals surface area contributed by atoms with Crippen molar-refractivity contribution in [2.45, 2.75) is 25.0 Å². The van der Waals surface area contributed by atoms with Crippen LogP contribution in [0.5, 0.6) is 11.5 Å². The van der Waals surface area contributed by atoms with E-state index < -0.39 is 18.2 Å². The van der Waals surface area contributed by atoms with Crippen LogP contribution in [0.1, 0.15) is 42.0 Å². The van der Waals surface area contributed by atoms with Crippen LogP contribution < -0.4 is 9.47 Å². The molecule has 0 amide bonds. The van der Waals surface area contributed by atoms with Crippen molar-refractivity contribution >= 4 is 17.6 Å². The fourth-order valence-electron chi connectivity index (χ4n) is 3.82. The first-order valence-electron chi connectivity index (χ1n) is 9.44. The van der Waals surface area contributed by atoms with E-state index in [0.29, 0.717) is 22.3 Å². The fraction of sp³-hybridized carbons (Fsp3) is 0.273. The first-order valence-corrected chi connectivity index (χ1v) is 9.82. The zero-order valence-corrected chi connectivity index (χ0v) is 17.3. The number of hydrogen-bond donors (Lipinski definition) is 1. The van der Waals surface area contributed by atoms with Crippen molar-refractivity contribution in [3.05, 3.63) is 70.8 Å². The van der Waals surface area contributed by atoms with Crippen LogP contribution in [0, 0.1) is 0 Å². The maximum absolute atomic E-state index is 11.2. The molecule has 2 heterocycles. The van der Waals surface area contributed by atoms with Gasteiger partial charge in [0.05, 0.1) is 19.9 Å². The Kier molecular flexibility index (Phi) is 5.65. The highest BCUT2D eigenvalue weighted by molar-refractivity contribution is 6.30. The highest BCUT2D eigenvalue weighted by Gasteiger charge is 2.33. The maximum atomic E-state index is 11.2. The summed E-state index contributed by atoms with van der Waals surface area (Å²) in [6, 6.07) is 11.1. The van der Waals surface area contributed by atoms with Gasteiger partial charge in [-0.15, -0.1) is 0 Å². The number of carbonyl (C=O) groups is 1. The summed E-state index contributed by atoms with van der Waals surface area (Å²) < 4.78 is 19.5. The number of rotatable bonds is 6. The van der Waals surface area contributed by atoms with Gasteiger partial charge in [0.1, 0.15) is 18.0 Å². The average molecular weight is 429 g/mol. The van der Waals surface area contributed by atoms with Crippen LogP contribution in [-0.2, 0) is 9.53 Å². The van der Waals surface area contributed by atoms with E-state index in [0.717, 1.165) is 16.8 Å². The van der Waals surface area contributed by atoms with Crippen molar-refractivity contribution in [1.82, 2.24) is 9.55 Å². The number of halogens is 1. The molecule has 3 aromatic rings. The third-order valence-corrected chi connectivity index (χ3v) is 5.36. The van der Waals surface area contributed by atoms with Crippen LogP contribution in [0.25, 0.3) is 5.69 Å². The molecular formula is C22H21ClN2O5. The van der Waals surface area contributed by atoms with Crippen LogP contribution in [0.15, 0.2) is 48.8 Å². The number of nitrogens with zero attached hydrogens (tertiary/aromatic N) is 2. The molecule has 0 radical (unpaired) electrons. The van der Waals surface area contributed by atoms with Gasteiger partial charge >= 0.3 is 5.97 Å². The summed E-state index contributed by atoms with van der Waals surface area (Å²) in [6.45, 7) is 0. The number of imidazole rings is 1. The van der Waals surface area contributed by atoms with E-state index >= 15 is 0 Å². The number of benzene rings is 2. The molecule has 0 saturated carbocycles. The smallest absolute Gasteiger partial charge is 0.303 e. The summed E-state index contributed by atoms with van der Waals surface area (Å²) in [5, 5.41) is 9.78. The van der Waals surface area contributed by atoms with E-state index in [4.69, 9.17) is 25.8 Å². The molecule has 0 aliphatic carbocycles. The molecule has 0 fully saturated rings. The van der Waals surface area contributed by atoms with E-state index in [-0.39, 0.29) is 12.8 Å². The Balaban J connectivity index is 1.91. The molecule has 2 atom stereocenters. The molecule has 0 saturated heterocycles. The third-order valence-electron chi connectivity index (χ3n) is 5.13. The number of carboxylic acids is 1. The minimum absolute atomic E-state index is 0.0450. The Morgan fingerprint density at radius 2 is 2.07 bits per heavy atom. The lowest BCUT2D eigenvalue weighted by molar-refractivity contribution is -0.138. The van der Waals surface area contributed by atoms with E-state index in [1.54, 1.807) is 20.4 Å². The van der Waals surface area contributed by atoms with E-state index in [1.807, 2.05) is 47.2 Å². The standard InChI is InChI=1S/C22H21ClN2O5/c1-28-17-5-3-4-14(21(17)29-2)20-15-12-13(23)6-7-16(15)25-11-10-24-22(25)18(30-20)8-9-19(26)27/h3-7,10-12,18,20H,8-9H2,1-2H3,(H,26,27). The van der Waals surface area contributed by atoms with Crippen LogP contribution >= 0.6 is 11.6 Å². The lowest BCUT2D eigenvalue weighted by atomic mass is 9.98. The van der Waals surface area contributed by atoms with Crippen molar-refractivity contribution in [2.24, 2.45) is 0 Å². The number of aromatic nitrogens is 2. The summed E-state index contributed by atoms with van der Waals surface area (Å²) >= 11 is 6.34. The monoisotopic (exact) mass is 428 g/mol. The summed E-state index contributed by atoms with van der Waals surface area (Å²) in [4.78, 5) is 15.7. The number of ether oxygens (including phenoxy) is 3. The van der Waals surface area contributed by atoms with Crippen LogP contribution in [0.3, 0.4) is 0 Å². The zero-order chi connectivity index (χ0) is 21.3. The van der Waals surface area contributed by atoms with Gasteiger partial charge in [0, 0.05) is 35.0 Å². The zero-order valence-electron chi connectivity index (χ0n) is 16.5. The van der Waals surface area contributed by atoms with Gasteiger partial charge in [-0.2, -0.15) is 0 Å². The molecule has 1 aliphatic rings. The molecule has 1 aromatic heterocycles. The second-order valence-electron chi connectivity index (χ2n) is 6.88. The molecule has 4 rings (SSSR count). The van der Waals surface area contributed by atoms with Crippen molar-refractivity contribution in [3.63, 3.8) is 0 Å². The lowest BCUT2D eigenvalue weighted by Gasteiger charge is -2.25. The topological polar surface area (TPSA) is 82.8 Å². The number of para-hydroxylation sites is 1. The van der Waals surface area contributed by atoms with Crippen LogP contribution in [-0.4, -0.2) is 34.8 Å². The summed E-state index contributed by atoms with van der Waals surface area (Å²) in [5.74, 6) is 0.875. The Hall–Kier alpha value is -3.03. The second kappa shape index (κ2) is 8.38. The normalized spacial score (nSPS) is 17.6. The van der Waals surface area contributed by atoms with Crippen molar-refractivity contribution < 1.29 is 24.1 Å². The van der Waals surface area contributed by atoms with Crippen molar-refractivity contribution in [1.29, 1.82) is 0 Å². The molecule has 2 unspecified atom stereocenters. The molecule has 1 aliphatic heterocycles. The number of hydrogen-bond acceptors (Lipinski definition) is 5. The second-order valence-corrected chi connectivity index (χ2v) is 7.31. The first kappa shape index (κ1) is 20.3. The summed E-state index contributed by atoms with van der Waals surface area (Å²) in [7, 11) is 3.15. The van der Waals surface area contributed by atoms with Gasteiger partial charge in [0.2, 0.25) is 0 Å². The van der Waals surface area contributed by atoms with Gasteiger partial charge in [-0.1, -0.05) is 23.7 Å². The Bertz CT molecular complexity index is 1080.